The number of halogens is 1. The largest absolute Gasteiger partial charge is 0.325 e. The number of thioether (sulfide) groups is 1. The summed E-state index contributed by atoms with van der Waals surface area (Å²) in [6.07, 6.45) is 4.91. The fourth-order valence-corrected chi connectivity index (χ4v) is 5.03. The molecule has 0 radical (unpaired) electrons. The Morgan fingerprint density at radius 3 is 3.12 bits per heavy atom. The van der Waals surface area contributed by atoms with Gasteiger partial charge in [-0.2, -0.15) is 0 Å². The van der Waals surface area contributed by atoms with Crippen LogP contribution in [-0.2, 0) is 17.6 Å². The Bertz CT molecular complexity index is 925. The Labute approximate surface area is 146 Å². The van der Waals surface area contributed by atoms with E-state index in [-0.39, 0.29) is 17.5 Å². The van der Waals surface area contributed by atoms with Crippen LogP contribution >= 0.6 is 23.1 Å². The summed E-state index contributed by atoms with van der Waals surface area (Å²) in [5.74, 6) is -0.316. The molecule has 7 heteroatoms. The first-order valence-electron chi connectivity index (χ1n) is 7.64. The number of aryl methyl sites for hydroxylation is 2. The molecule has 0 saturated heterocycles. The maximum atomic E-state index is 13.2. The van der Waals surface area contributed by atoms with E-state index in [9.17, 15) is 9.18 Å². The maximum absolute atomic E-state index is 13.2. The van der Waals surface area contributed by atoms with E-state index in [0.717, 1.165) is 28.1 Å². The Balaban J connectivity index is 1.50. The molecule has 2 aromatic heterocycles. The Kier molecular flexibility index (Phi) is 4.20. The molecule has 4 nitrogen and oxygen atoms in total. The van der Waals surface area contributed by atoms with Crippen molar-refractivity contribution in [3.05, 3.63) is 46.9 Å². The minimum Gasteiger partial charge on any atom is -0.325 e. The minimum atomic E-state index is -0.369. The number of anilines is 1. The molecule has 0 atom stereocenters. The monoisotopic (exact) mass is 359 g/mol. The first-order valence-corrected chi connectivity index (χ1v) is 9.44. The Morgan fingerprint density at radius 1 is 1.33 bits per heavy atom. The minimum absolute atomic E-state index is 0.177. The highest BCUT2D eigenvalue weighted by molar-refractivity contribution is 8.00. The smallest absolute Gasteiger partial charge is 0.234 e. The number of hydrogen-bond acceptors (Lipinski definition) is 5. The van der Waals surface area contributed by atoms with Crippen LogP contribution in [-0.4, -0.2) is 21.6 Å². The quantitative estimate of drug-likeness (QED) is 0.564. The number of aromatic nitrogens is 2. The molecular formula is C17H14FN3OS2. The van der Waals surface area contributed by atoms with E-state index in [4.69, 9.17) is 0 Å². The fraction of sp³-hybridized carbons (Fsp3) is 0.235. The van der Waals surface area contributed by atoms with E-state index >= 15 is 0 Å². The van der Waals surface area contributed by atoms with Crippen LogP contribution in [0.5, 0.6) is 0 Å². The molecule has 0 bridgehead atoms. The molecule has 1 aromatic carbocycles. The molecular weight excluding hydrogens is 345 g/mol. The lowest BCUT2D eigenvalue weighted by Gasteiger charge is -2.06. The Hall–Kier alpha value is -1.99. The lowest BCUT2D eigenvalue weighted by atomic mass is 10.2. The van der Waals surface area contributed by atoms with Crippen molar-refractivity contribution in [3.8, 4) is 0 Å². The number of carbonyl (C=O) groups is 1. The van der Waals surface area contributed by atoms with Gasteiger partial charge in [0, 0.05) is 16.0 Å². The SMILES string of the molecule is O=C(CSc1ncnc2sc3c(c12)CCC3)Nc1cccc(F)c1. The summed E-state index contributed by atoms with van der Waals surface area (Å²) in [6.45, 7) is 0. The normalized spacial score (nSPS) is 13.2. The van der Waals surface area contributed by atoms with Gasteiger partial charge in [0.1, 0.15) is 22.0 Å². The van der Waals surface area contributed by atoms with Crippen LogP contribution in [0.2, 0.25) is 0 Å². The molecule has 0 unspecified atom stereocenters. The van der Waals surface area contributed by atoms with E-state index in [0.29, 0.717) is 5.69 Å². The predicted molar refractivity (Wildman–Crippen MR) is 95.2 cm³/mol. The predicted octanol–water partition coefficient (Wildman–Crippen LogP) is 4.05. The van der Waals surface area contributed by atoms with Crippen molar-refractivity contribution in [1.29, 1.82) is 0 Å². The zero-order chi connectivity index (χ0) is 16.5. The second-order valence-corrected chi connectivity index (χ2v) is 7.61. The summed E-state index contributed by atoms with van der Waals surface area (Å²) < 4.78 is 13.2. The lowest BCUT2D eigenvalue weighted by molar-refractivity contribution is -0.113. The van der Waals surface area contributed by atoms with E-state index in [1.807, 2.05) is 0 Å². The molecule has 0 saturated carbocycles. The van der Waals surface area contributed by atoms with Gasteiger partial charge >= 0.3 is 0 Å². The van der Waals surface area contributed by atoms with E-state index in [2.05, 4.69) is 15.3 Å². The highest BCUT2D eigenvalue weighted by Gasteiger charge is 2.21. The van der Waals surface area contributed by atoms with Crippen LogP contribution < -0.4 is 5.32 Å². The van der Waals surface area contributed by atoms with E-state index in [1.54, 1.807) is 29.8 Å². The molecule has 122 valence electrons. The first-order chi connectivity index (χ1) is 11.7. The summed E-state index contributed by atoms with van der Waals surface area (Å²) in [7, 11) is 0. The van der Waals surface area contributed by atoms with Crippen molar-refractivity contribution in [1.82, 2.24) is 9.97 Å². The number of nitrogens with one attached hydrogen (secondary N) is 1. The number of hydrogen-bond donors (Lipinski definition) is 1. The topological polar surface area (TPSA) is 54.9 Å². The molecule has 0 spiro atoms. The van der Waals surface area contributed by atoms with Crippen molar-refractivity contribution in [2.75, 3.05) is 11.1 Å². The maximum Gasteiger partial charge on any atom is 0.234 e. The highest BCUT2D eigenvalue weighted by Crippen LogP contribution is 2.39. The van der Waals surface area contributed by atoms with Gasteiger partial charge in [0.25, 0.3) is 0 Å². The third-order valence-corrected chi connectivity index (χ3v) is 6.10. The van der Waals surface area contributed by atoms with Crippen LogP contribution in [0, 0.1) is 5.82 Å². The van der Waals surface area contributed by atoms with Gasteiger partial charge in [0.2, 0.25) is 5.91 Å². The van der Waals surface area contributed by atoms with Crippen molar-refractivity contribution in [3.63, 3.8) is 0 Å². The number of fused-ring (bicyclic) bond motifs is 3. The standard InChI is InChI=1S/C17H14FN3OS2/c18-10-3-1-4-11(7-10)21-14(22)8-23-16-15-12-5-2-6-13(12)24-17(15)20-9-19-16/h1,3-4,7,9H,2,5-6,8H2,(H,21,22). The summed E-state index contributed by atoms with van der Waals surface area (Å²) in [5, 5.41) is 4.67. The van der Waals surface area contributed by atoms with Gasteiger partial charge in [-0.05, 0) is 43.0 Å². The fourth-order valence-electron chi connectivity index (χ4n) is 2.91. The molecule has 1 aliphatic carbocycles. The van der Waals surface area contributed by atoms with Crippen LogP contribution in [0.1, 0.15) is 16.9 Å². The third kappa shape index (κ3) is 3.01. The van der Waals surface area contributed by atoms with Gasteiger partial charge < -0.3 is 5.32 Å². The molecule has 3 aromatic rings. The number of nitrogens with zero attached hydrogens (tertiary/aromatic N) is 2. The average molecular weight is 359 g/mol. The second-order valence-electron chi connectivity index (χ2n) is 5.56. The van der Waals surface area contributed by atoms with Crippen LogP contribution in [0.25, 0.3) is 10.2 Å². The van der Waals surface area contributed by atoms with Crippen molar-refractivity contribution in [2.45, 2.75) is 24.3 Å². The van der Waals surface area contributed by atoms with Crippen molar-refractivity contribution < 1.29 is 9.18 Å². The van der Waals surface area contributed by atoms with E-state index < -0.39 is 0 Å². The molecule has 1 aliphatic rings. The molecule has 2 heterocycles. The van der Waals surface area contributed by atoms with Gasteiger partial charge in [-0.25, -0.2) is 14.4 Å². The molecule has 1 amide bonds. The first kappa shape index (κ1) is 15.5. The number of amides is 1. The van der Waals surface area contributed by atoms with Gasteiger partial charge in [-0.1, -0.05) is 17.8 Å². The van der Waals surface area contributed by atoms with Crippen molar-refractivity contribution >= 4 is 44.9 Å². The molecule has 0 aliphatic heterocycles. The van der Waals surface area contributed by atoms with E-state index in [1.165, 1.54) is 40.8 Å². The molecule has 24 heavy (non-hydrogen) atoms. The number of carbonyl (C=O) groups excluding carboxylic acids is 1. The van der Waals surface area contributed by atoms with Crippen LogP contribution in [0.4, 0.5) is 10.1 Å². The third-order valence-electron chi connectivity index (χ3n) is 3.91. The molecule has 4 rings (SSSR count). The summed E-state index contributed by atoms with van der Waals surface area (Å²) in [5.41, 5.74) is 1.81. The number of thiophene rings is 1. The number of rotatable bonds is 4. The molecule has 1 N–H and O–H groups in total. The lowest BCUT2D eigenvalue weighted by Crippen LogP contribution is -2.14. The average Bonchev–Trinajstić information content (AvgIpc) is 3.13. The molecule has 0 fully saturated rings. The van der Waals surface area contributed by atoms with Gasteiger partial charge in [-0.15, -0.1) is 11.3 Å². The zero-order valence-electron chi connectivity index (χ0n) is 12.7. The van der Waals surface area contributed by atoms with Gasteiger partial charge in [-0.3, -0.25) is 4.79 Å². The van der Waals surface area contributed by atoms with Crippen molar-refractivity contribution in [2.24, 2.45) is 0 Å². The summed E-state index contributed by atoms with van der Waals surface area (Å²) >= 11 is 3.13. The second kappa shape index (κ2) is 6.49. The number of benzene rings is 1. The van der Waals surface area contributed by atoms with Crippen LogP contribution in [0.3, 0.4) is 0 Å². The summed E-state index contributed by atoms with van der Waals surface area (Å²) in [4.78, 5) is 23.2. The van der Waals surface area contributed by atoms with Gasteiger partial charge in [0.15, 0.2) is 0 Å². The zero-order valence-corrected chi connectivity index (χ0v) is 14.3. The van der Waals surface area contributed by atoms with Crippen LogP contribution in [0.15, 0.2) is 35.6 Å². The van der Waals surface area contributed by atoms with Gasteiger partial charge in [0.05, 0.1) is 5.75 Å². The highest BCUT2D eigenvalue weighted by atomic mass is 32.2. The summed E-state index contributed by atoms with van der Waals surface area (Å²) in [6, 6.07) is 5.89. The Morgan fingerprint density at radius 2 is 2.25 bits per heavy atom.